The largest absolute Gasteiger partial charge is 0.347 e. The molecule has 0 radical (unpaired) electrons. The minimum atomic E-state index is -0.177. The number of rotatable bonds is 4. The van der Waals surface area contributed by atoms with Crippen LogP contribution in [0.3, 0.4) is 0 Å². The lowest BCUT2D eigenvalue weighted by Gasteiger charge is -2.27. The highest BCUT2D eigenvalue weighted by atomic mass is 16.2. The summed E-state index contributed by atoms with van der Waals surface area (Å²) >= 11 is 0. The van der Waals surface area contributed by atoms with Crippen molar-refractivity contribution in [3.63, 3.8) is 0 Å². The van der Waals surface area contributed by atoms with Gasteiger partial charge in [0.2, 0.25) is 5.91 Å². The number of aromatic amines is 1. The number of carbonyl (C=O) groups is 1. The molecule has 1 aliphatic heterocycles. The first-order valence-electron chi connectivity index (χ1n) is 7.37. The van der Waals surface area contributed by atoms with Crippen molar-refractivity contribution in [2.24, 2.45) is 0 Å². The van der Waals surface area contributed by atoms with Gasteiger partial charge in [-0.05, 0) is 24.0 Å². The Bertz CT molecular complexity index is 608. The van der Waals surface area contributed by atoms with Gasteiger partial charge in [0.1, 0.15) is 5.82 Å². The second-order valence-corrected chi connectivity index (χ2v) is 5.35. The number of carbonyl (C=O) groups excluding carboxylic acids is 1. The zero-order valence-corrected chi connectivity index (χ0v) is 12.1. The molecule has 5 heteroatoms. The van der Waals surface area contributed by atoms with E-state index in [0.29, 0.717) is 0 Å². The number of H-pyrrole nitrogens is 1. The van der Waals surface area contributed by atoms with Gasteiger partial charge in [-0.25, -0.2) is 4.98 Å². The maximum atomic E-state index is 12.5. The van der Waals surface area contributed by atoms with Gasteiger partial charge in [0.15, 0.2) is 0 Å². The predicted molar refractivity (Wildman–Crippen MR) is 80.5 cm³/mol. The molecule has 0 spiro atoms. The molecule has 1 unspecified atom stereocenters. The first-order valence-corrected chi connectivity index (χ1v) is 7.37. The molecule has 0 bridgehead atoms. The fraction of sp³-hybridized carbons (Fsp3) is 0.375. The van der Waals surface area contributed by atoms with Gasteiger partial charge in [-0.2, -0.15) is 0 Å². The molecule has 1 aliphatic rings. The quantitative estimate of drug-likeness (QED) is 0.800. The molecule has 0 fully saturated rings. The number of aromatic nitrogens is 2. The number of fused-ring (bicyclic) bond motifs is 1. The summed E-state index contributed by atoms with van der Waals surface area (Å²) in [4.78, 5) is 19.8. The highest BCUT2D eigenvalue weighted by molar-refractivity contribution is 5.82. The Morgan fingerprint density at radius 3 is 2.95 bits per heavy atom. The van der Waals surface area contributed by atoms with Crippen LogP contribution in [0, 0.1) is 0 Å². The summed E-state index contributed by atoms with van der Waals surface area (Å²) in [6.45, 7) is 2.78. The van der Waals surface area contributed by atoms with E-state index in [2.05, 4.69) is 32.7 Å². The van der Waals surface area contributed by atoms with E-state index in [1.807, 2.05) is 19.1 Å². The molecule has 21 heavy (non-hydrogen) atoms. The summed E-state index contributed by atoms with van der Waals surface area (Å²) in [6, 6.07) is 8.02. The molecule has 3 N–H and O–H groups in total. The lowest BCUT2D eigenvalue weighted by atomic mass is 9.95. The van der Waals surface area contributed by atoms with Crippen molar-refractivity contribution in [3.8, 4) is 0 Å². The van der Waals surface area contributed by atoms with Crippen LogP contribution >= 0.6 is 0 Å². The molecule has 0 saturated carbocycles. The van der Waals surface area contributed by atoms with Gasteiger partial charge in [0.05, 0.1) is 12.1 Å². The van der Waals surface area contributed by atoms with E-state index in [9.17, 15) is 4.79 Å². The molecule has 3 rings (SSSR count). The number of nitrogens with zero attached hydrogens (tertiary/aromatic N) is 1. The third kappa shape index (κ3) is 2.97. The molecule has 1 amide bonds. The summed E-state index contributed by atoms with van der Waals surface area (Å²) < 4.78 is 0. The maximum absolute atomic E-state index is 12.5. The molecule has 2 atom stereocenters. The van der Waals surface area contributed by atoms with Gasteiger partial charge in [0, 0.05) is 18.9 Å². The molecule has 0 aliphatic carbocycles. The molecule has 2 aromatic rings. The van der Waals surface area contributed by atoms with Gasteiger partial charge < -0.3 is 15.6 Å². The zero-order chi connectivity index (χ0) is 14.7. The smallest absolute Gasteiger partial charge is 0.238 e. The van der Waals surface area contributed by atoms with Crippen LogP contribution in [0.4, 0.5) is 0 Å². The summed E-state index contributed by atoms with van der Waals surface area (Å²) in [5.41, 5.74) is 2.53. The van der Waals surface area contributed by atoms with Crippen molar-refractivity contribution in [3.05, 3.63) is 53.6 Å². The van der Waals surface area contributed by atoms with Gasteiger partial charge in [-0.15, -0.1) is 0 Å². The van der Waals surface area contributed by atoms with E-state index in [4.69, 9.17) is 0 Å². The maximum Gasteiger partial charge on any atom is 0.238 e. The minimum absolute atomic E-state index is 0.0350. The number of nitrogens with one attached hydrogen (secondary N) is 3. The number of imidazole rings is 1. The Balaban J connectivity index is 1.66. The molecule has 1 aromatic carbocycles. The second kappa shape index (κ2) is 6.10. The monoisotopic (exact) mass is 284 g/mol. The Kier molecular flexibility index (Phi) is 4.01. The Labute approximate surface area is 124 Å². The fourth-order valence-corrected chi connectivity index (χ4v) is 2.74. The topological polar surface area (TPSA) is 69.8 Å². The van der Waals surface area contributed by atoms with Crippen molar-refractivity contribution in [1.29, 1.82) is 0 Å². The molecule has 1 aromatic heterocycles. The van der Waals surface area contributed by atoms with Crippen molar-refractivity contribution in [1.82, 2.24) is 20.6 Å². The molecule has 110 valence electrons. The third-order valence-corrected chi connectivity index (χ3v) is 3.97. The van der Waals surface area contributed by atoms with Crippen LogP contribution in [0.25, 0.3) is 0 Å². The summed E-state index contributed by atoms with van der Waals surface area (Å²) in [5.74, 6) is 0.842. The van der Waals surface area contributed by atoms with Crippen LogP contribution in [-0.2, 0) is 17.8 Å². The van der Waals surface area contributed by atoms with Gasteiger partial charge in [-0.3, -0.25) is 4.79 Å². The Hall–Kier alpha value is -2.14. The van der Waals surface area contributed by atoms with Crippen LogP contribution in [0.2, 0.25) is 0 Å². The van der Waals surface area contributed by atoms with Crippen LogP contribution in [0.15, 0.2) is 36.7 Å². The highest BCUT2D eigenvalue weighted by Gasteiger charge is 2.26. The Morgan fingerprint density at radius 2 is 2.24 bits per heavy atom. The summed E-state index contributed by atoms with van der Waals surface area (Å²) in [6.07, 6.45) is 5.03. The number of amides is 1. The van der Waals surface area contributed by atoms with Crippen LogP contribution in [-0.4, -0.2) is 21.9 Å². The predicted octanol–water partition coefficient (Wildman–Crippen LogP) is 1.69. The van der Waals surface area contributed by atoms with Crippen LogP contribution in [0.5, 0.6) is 0 Å². The number of hydrogen-bond acceptors (Lipinski definition) is 3. The number of hydrogen-bond donors (Lipinski definition) is 3. The second-order valence-electron chi connectivity index (χ2n) is 5.35. The molecular weight excluding hydrogens is 264 g/mol. The van der Waals surface area contributed by atoms with E-state index in [-0.39, 0.29) is 18.0 Å². The molecule has 0 saturated heterocycles. The highest BCUT2D eigenvalue weighted by Crippen LogP contribution is 2.18. The first-order chi connectivity index (χ1) is 10.3. The minimum Gasteiger partial charge on any atom is -0.347 e. The molecule has 5 nitrogen and oxygen atoms in total. The lowest BCUT2D eigenvalue weighted by Crippen LogP contribution is -2.48. The van der Waals surface area contributed by atoms with E-state index in [1.54, 1.807) is 12.4 Å². The third-order valence-electron chi connectivity index (χ3n) is 3.97. The standard InChI is InChI=1S/C16H20N4O/c1-2-13(15-17-7-8-18-15)20-16(21)14-9-11-5-3-4-6-12(11)10-19-14/h3-8,13-14,19H,2,9-10H2,1H3,(H,17,18)(H,20,21)/t13?,14-/m0/s1. The van der Waals surface area contributed by atoms with Gasteiger partial charge >= 0.3 is 0 Å². The summed E-state index contributed by atoms with van der Waals surface area (Å²) in [7, 11) is 0. The van der Waals surface area contributed by atoms with Crippen molar-refractivity contribution in [2.45, 2.75) is 38.4 Å². The van der Waals surface area contributed by atoms with E-state index < -0.39 is 0 Å². The average molecular weight is 284 g/mol. The van der Waals surface area contributed by atoms with Gasteiger partial charge in [0.25, 0.3) is 0 Å². The van der Waals surface area contributed by atoms with Crippen molar-refractivity contribution >= 4 is 5.91 Å². The van der Waals surface area contributed by atoms with Crippen LogP contribution in [0.1, 0.15) is 36.3 Å². The van der Waals surface area contributed by atoms with Crippen molar-refractivity contribution in [2.75, 3.05) is 0 Å². The number of benzene rings is 1. The Morgan fingerprint density at radius 1 is 1.43 bits per heavy atom. The molecular formula is C16H20N4O. The first kappa shape index (κ1) is 13.8. The summed E-state index contributed by atoms with van der Waals surface area (Å²) in [5, 5.41) is 6.38. The van der Waals surface area contributed by atoms with Crippen LogP contribution < -0.4 is 10.6 Å². The lowest BCUT2D eigenvalue weighted by molar-refractivity contribution is -0.124. The fourth-order valence-electron chi connectivity index (χ4n) is 2.74. The van der Waals surface area contributed by atoms with E-state index in [1.165, 1.54) is 11.1 Å². The zero-order valence-electron chi connectivity index (χ0n) is 12.1. The van der Waals surface area contributed by atoms with Crippen molar-refractivity contribution < 1.29 is 4.79 Å². The van der Waals surface area contributed by atoms with E-state index >= 15 is 0 Å². The van der Waals surface area contributed by atoms with E-state index in [0.717, 1.165) is 25.2 Å². The molecule has 2 heterocycles. The average Bonchev–Trinajstić information content (AvgIpc) is 3.06. The van der Waals surface area contributed by atoms with Gasteiger partial charge in [-0.1, -0.05) is 31.2 Å². The SMILES string of the molecule is CCC(NC(=O)[C@@H]1Cc2ccccc2CN1)c1ncc[nH]1. The normalized spacial score (nSPS) is 18.8.